The number of aromatic nitrogens is 1. The van der Waals surface area contributed by atoms with E-state index in [9.17, 15) is 9.90 Å². The average molecular weight is 390 g/mol. The van der Waals surface area contributed by atoms with Crippen LogP contribution in [-0.4, -0.2) is 52.2 Å². The second-order valence-corrected chi connectivity index (χ2v) is 7.50. The van der Waals surface area contributed by atoms with Gasteiger partial charge >= 0.3 is 0 Å². The molecule has 0 aliphatic carbocycles. The highest BCUT2D eigenvalue weighted by atomic mass is 35.5. The average Bonchev–Trinajstić information content (AvgIpc) is 2.65. The summed E-state index contributed by atoms with van der Waals surface area (Å²) in [4.78, 5) is 17.9. The maximum Gasteiger partial charge on any atom is 0.259 e. The third-order valence-electron chi connectivity index (χ3n) is 5.50. The fraction of sp³-hybridized carbons (Fsp3) is 0.476. The van der Waals surface area contributed by atoms with Crippen LogP contribution >= 0.6 is 11.6 Å². The van der Waals surface area contributed by atoms with Gasteiger partial charge in [0.1, 0.15) is 5.75 Å². The van der Waals surface area contributed by atoms with Crippen LogP contribution in [0.3, 0.4) is 0 Å². The van der Waals surface area contributed by atoms with Crippen LogP contribution in [0.2, 0.25) is 5.02 Å². The minimum Gasteiger partial charge on any atom is -0.507 e. The second kappa shape index (κ2) is 8.46. The van der Waals surface area contributed by atoms with Crippen molar-refractivity contribution < 1.29 is 5.11 Å². The van der Waals surface area contributed by atoms with Crippen molar-refractivity contribution in [3.63, 3.8) is 0 Å². The van der Waals surface area contributed by atoms with Crippen LogP contribution in [0.5, 0.6) is 5.75 Å². The number of halogens is 1. The largest absolute Gasteiger partial charge is 0.507 e. The van der Waals surface area contributed by atoms with Crippen LogP contribution in [-0.2, 0) is 6.54 Å². The Morgan fingerprint density at radius 3 is 2.41 bits per heavy atom. The number of pyridine rings is 1. The molecule has 1 saturated heterocycles. The standard InChI is InChI=1S/C21H28ClN3O2/c1-4-23-9-11-24(12-10-23)20(16-7-6-8-17(22)14-16)19-18(26)13-15(3)25(5-2)21(19)27/h6-8,13-14,20,26H,4-5,9-12H2,1-3H3/t20-/m0/s1. The van der Waals surface area contributed by atoms with Crippen LogP contribution in [0, 0.1) is 6.92 Å². The number of aryl methyl sites for hydroxylation is 1. The van der Waals surface area contributed by atoms with Crippen molar-refractivity contribution >= 4 is 11.6 Å². The molecule has 146 valence electrons. The quantitative estimate of drug-likeness (QED) is 0.852. The van der Waals surface area contributed by atoms with Gasteiger partial charge in [0, 0.05) is 43.4 Å². The summed E-state index contributed by atoms with van der Waals surface area (Å²) in [5, 5.41) is 11.4. The third kappa shape index (κ3) is 4.05. The number of benzene rings is 1. The molecule has 0 saturated carbocycles. The maximum atomic E-state index is 13.2. The molecule has 2 aromatic rings. The van der Waals surface area contributed by atoms with Crippen molar-refractivity contribution in [1.82, 2.24) is 14.4 Å². The molecule has 1 atom stereocenters. The Labute approximate surface area is 165 Å². The van der Waals surface area contributed by atoms with Gasteiger partial charge in [0.05, 0.1) is 11.6 Å². The van der Waals surface area contributed by atoms with Crippen molar-refractivity contribution in [2.24, 2.45) is 0 Å². The lowest BCUT2D eigenvalue weighted by Crippen LogP contribution is -2.48. The van der Waals surface area contributed by atoms with E-state index in [-0.39, 0.29) is 17.4 Å². The van der Waals surface area contributed by atoms with Crippen molar-refractivity contribution in [3.05, 3.63) is 62.5 Å². The molecule has 0 radical (unpaired) electrons. The number of hydrogen-bond acceptors (Lipinski definition) is 4. The van der Waals surface area contributed by atoms with Gasteiger partial charge in [-0.25, -0.2) is 0 Å². The highest BCUT2D eigenvalue weighted by molar-refractivity contribution is 6.30. The highest BCUT2D eigenvalue weighted by Crippen LogP contribution is 2.34. The molecule has 1 N–H and O–H groups in total. The Kier molecular flexibility index (Phi) is 6.25. The normalized spacial score (nSPS) is 17.2. The summed E-state index contributed by atoms with van der Waals surface area (Å²) in [6.45, 7) is 11.1. The van der Waals surface area contributed by atoms with Gasteiger partial charge in [0.25, 0.3) is 5.56 Å². The van der Waals surface area contributed by atoms with Gasteiger partial charge in [-0.05, 0) is 44.2 Å². The number of hydrogen-bond donors (Lipinski definition) is 1. The van der Waals surface area contributed by atoms with E-state index in [0.29, 0.717) is 17.1 Å². The second-order valence-electron chi connectivity index (χ2n) is 7.06. The number of nitrogens with zero attached hydrogens (tertiary/aromatic N) is 3. The lowest BCUT2D eigenvalue weighted by Gasteiger charge is -2.39. The lowest BCUT2D eigenvalue weighted by atomic mass is 9.96. The van der Waals surface area contributed by atoms with Gasteiger partial charge in [-0.1, -0.05) is 30.7 Å². The summed E-state index contributed by atoms with van der Waals surface area (Å²) < 4.78 is 1.72. The first kappa shape index (κ1) is 19.9. The van der Waals surface area contributed by atoms with Crippen LogP contribution in [0.4, 0.5) is 0 Å². The zero-order valence-electron chi connectivity index (χ0n) is 16.3. The van der Waals surface area contributed by atoms with Gasteiger partial charge < -0.3 is 14.6 Å². The third-order valence-corrected chi connectivity index (χ3v) is 5.73. The number of piperazine rings is 1. The molecule has 2 heterocycles. The van der Waals surface area contributed by atoms with E-state index in [4.69, 9.17) is 11.6 Å². The molecule has 0 amide bonds. The topological polar surface area (TPSA) is 48.7 Å². The van der Waals surface area contributed by atoms with Gasteiger partial charge in [0.2, 0.25) is 0 Å². The van der Waals surface area contributed by atoms with Gasteiger partial charge in [0.15, 0.2) is 0 Å². The Balaban J connectivity index is 2.13. The predicted octanol–water partition coefficient (Wildman–Crippen LogP) is 3.26. The van der Waals surface area contributed by atoms with Gasteiger partial charge in [-0.15, -0.1) is 0 Å². The minimum absolute atomic E-state index is 0.0603. The van der Waals surface area contributed by atoms with Crippen LogP contribution in [0.25, 0.3) is 0 Å². The molecule has 6 heteroatoms. The molecule has 1 aromatic heterocycles. The first-order valence-electron chi connectivity index (χ1n) is 9.61. The molecule has 1 aliphatic rings. The van der Waals surface area contributed by atoms with E-state index in [1.807, 2.05) is 38.1 Å². The first-order chi connectivity index (χ1) is 13.0. The zero-order valence-corrected chi connectivity index (χ0v) is 17.0. The Morgan fingerprint density at radius 1 is 1.11 bits per heavy atom. The van der Waals surface area contributed by atoms with Crippen LogP contribution < -0.4 is 5.56 Å². The van der Waals surface area contributed by atoms with Crippen LogP contribution in [0.15, 0.2) is 35.1 Å². The fourth-order valence-corrected chi connectivity index (χ4v) is 4.19. The highest BCUT2D eigenvalue weighted by Gasteiger charge is 2.31. The van der Waals surface area contributed by atoms with E-state index < -0.39 is 0 Å². The molecule has 0 spiro atoms. The molecule has 1 aromatic carbocycles. The molecule has 0 unspecified atom stereocenters. The molecule has 1 aliphatic heterocycles. The molecule has 0 bridgehead atoms. The van der Waals surface area contributed by atoms with Crippen molar-refractivity contribution in [2.45, 2.75) is 33.4 Å². The van der Waals surface area contributed by atoms with E-state index in [0.717, 1.165) is 44.0 Å². The smallest absolute Gasteiger partial charge is 0.259 e. The summed E-state index contributed by atoms with van der Waals surface area (Å²) in [5.74, 6) is 0.0603. The fourth-order valence-electron chi connectivity index (χ4n) is 3.99. The summed E-state index contributed by atoms with van der Waals surface area (Å²) in [5.41, 5.74) is 2.02. The Bertz CT molecular complexity index is 857. The van der Waals surface area contributed by atoms with E-state index in [2.05, 4.69) is 16.7 Å². The summed E-state index contributed by atoms with van der Waals surface area (Å²) in [6, 6.07) is 8.99. The van der Waals surface area contributed by atoms with Gasteiger partial charge in [-0.3, -0.25) is 9.69 Å². The van der Waals surface area contributed by atoms with E-state index >= 15 is 0 Å². The number of likely N-dealkylation sites (N-methyl/N-ethyl adjacent to an activating group) is 1. The number of rotatable bonds is 5. The minimum atomic E-state index is -0.311. The van der Waals surface area contributed by atoms with Crippen molar-refractivity contribution in [1.29, 1.82) is 0 Å². The summed E-state index contributed by atoms with van der Waals surface area (Å²) in [7, 11) is 0. The van der Waals surface area contributed by atoms with E-state index in [1.165, 1.54) is 0 Å². The Hall–Kier alpha value is -1.82. The molecule has 3 rings (SSSR count). The van der Waals surface area contributed by atoms with Gasteiger partial charge in [-0.2, -0.15) is 0 Å². The monoisotopic (exact) mass is 389 g/mol. The van der Waals surface area contributed by atoms with Crippen molar-refractivity contribution in [3.8, 4) is 5.75 Å². The number of aromatic hydroxyl groups is 1. The Morgan fingerprint density at radius 2 is 1.81 bits per heavy atom. The molecular formula is C21H28ClN3O2. The SMILES string of the molecule is CCN1CCN([C@@H](c2cccc(Cl)c2)c2c(O)cc(C)n(CC)c2=O)CC1. The maximum absolute atomic E-state index is 13.2. The summed E-state index contributed by atoms with van der Waals surface area (Å²) in [6.07, 6.45) is 0. The summed E-state index contributed by atoms with van der Waals surface area (Å²) >= 11 is 6.25. The van der Waals surface area contributed by atoms with Crippen molar-refractivity contribution in [2.75, 3.05) is 32.7 Å². The lowest BCUT2D eigenvalue weighted by molar-refractivity contribution is 0.111. The van der Waals surface area contributed by atoms with Crippen LogP contribution in [0.1, 0.15) is 36.7 Å². The molecule has 5 nitrogen and oxygen atoms in total. The van der Waals surface area contributed by atoms with E-state index in [1.54, 1.807) is 10.6 Å². The predicted molar refractivity (Wildman–Crippen MR) is 110 cm³/mol. The molecule has 27 heavy (non-hydrogen) atoms. The molecular weight excluding hydrogens is 362 g/mol. The zero-order chi connectivity index (χ0) is 19.6. The first-order valence-corrected chi connectivity index (χ1v) is 9.99. The molecule has 1 fully saturated rings.